The molecule has 1 aromatic carbocycles. The number of nitrogens with one attached hydrogen (secondary N) is 1. The minimum atomic E-state index is -1.48. The van der Waals surface area contributed by atoms with Crippen molar-refractivity contribution in [3.8, 4) is 12.0 Å². The highest BCUT2D eigenvalue weighted by Gasteiger charge is 2.16. The zero-order valence-corrected chi connectivity index (χ0v) is 12.6. The summed E-state index contributed by atoms with van der Waals surface area (Å²) in [5.74, 6) is 0. The lowest BCUT2D eigenvalue weighted by molar-refractivity contribution is 0.139. The Morgan fingerprint density at radius 3 is 2.68 bits per heavy atom. The van der Waals surface area contributed by atoms with Gasteiger partial charge < -0.3 is 10.1 Å². The van der Waals surface area contributed by atoms with Crippen LogP contribution in [0.4, 0.5) is 4.79 Å². The van der Waals surface area contributed by atoms with Crippen LogP contribution in [0.1, 0.15) is 12.0 Å². The van der Waals surface area contributed by atoms with E-state index in [4.69, 9.17) is 11.2 Å². The molecule has 0 aliphatic heterocycles. The molecule has 1 N–H and O–H groups in total. The molecular formula is C15H21NO2Si. The molecule has 0 spiro atoms. The largest absolute Gasteiger partial charge is 0.445 e. The number of ether oxygens (including phenoxy) is 1. The number of rotatable bonds is 6. The van der Waals surface area contributed by atoms with Gasteiger partial charge in [-0.3, -0.25) is 0 Å². The zero-order valence-electron chi connectivity index (χ0n) is 11.6. The van der Waals surface area contributed by atoms with E-state index in [1.165, 1.54) is 0 Å². The molecule has 0 saturated carbocycles. The van der Waals surface area contributed by atoms with E-state index in [9.17, 15) is 4.79 Å². The molecular weight excluding hydrogens is 254 g/mol. The highest BCUT2D eigenvalue weighted by molar-refractivity contribution is 6.84. The Bertz CT molecular complexity index is 437. The fourth-order valence-electron chi connectivity index (χ4n) is 1.57. The molecule has 1 aromatic rings. The van der Waals surface area contributed by atoms with Crippen LogP contribution in [0.2, 0.25) is 19.1 Å². The van der Waals surface area contributed by atoms with Gasteiger partial charge in [0.25, 0.3) is 0 Å². The molecule has 102 valence electrons. The van der Waals surface area contributed by atoms with E-state index in [0.717, 1.165) is 18.0 Å². The lowest BCUT2D eigenvalue weighted by atomic mass is 10.2. The van der Waals surface area contributed by atoms with E-state index in [1.807, 2.05) is 30.3 Å². The Hall–Kier alpha value is -1.73. The number of hydrogen-bond acceptors (Lipinski definition) is 2. The summed E-state index contributed by atoms with van der Waals surface area (Å²) in [6.45, 7) is 5.23. The van der Waals surface area contributed by atoms with Gasteiger partial charge in [0, 0.05) is 6.54 Å². The van der Waals surface area contributed by atoms with Gasteiger partial charge >= 0.3 is 6.09 Å². The third kappa shape index (κ3) is 6.68. The van der Waals surface area contributed by atoms with E-state index < -0.39 is 8.07 Å². The van der Waals surface area contributed by atoms with Crippen molar-refractivity contribution < 1.29 is 9.53 Å². The first-order valence-electron chi connectivity index (χ1n) is 6.46. The maximum absolute atomic E-state index is 11.4. The van der Waals surface area contributed by atoms with Crippen molar-refractivity contribution in [1.29, 1.82) is 0 Å². The predicted octanol–water partition coefficient (Wildman–Crippen LogP) is 3.18. The van der Waals surface area contributed by atoms with Crippen LogP contribution in [-0.2, 0) is 11.3 Å². The average Bonchev–Trinajstić information content (AvgIpc) is 2.42. The maximum atomic E-state index is 11.4. The number of amides is 1. The molecule has 0 fully saturated rings. The average molecular weight is 275 g/mol. The first kappa shape index (κ1) is 15.3. The van der Waals surface area contributed by atoms with Gasteiger partial charge in [-0.05, 0) is 18.0 Å². The summed E-state index contributed by atoms with van der Waals surface area (Å²) in [6, 6.07) is 10.6. The maximum Gasteiger partial charge on any atom is 0.407 e. The zero-order chi connectivity index (χ0) is 14.1. The Morgan fingerprint density at radius 2 is 2.05 bits per heavy atom. The standard InChI is InChI=1S/C15H21NO2Si/c1-4-19(2,3)12-8-11-16-15(17)18-13-14-9-6-5-7-10-14/h1,5-7,9-10H,8,11-13H2,2-3H3,(H,16,17). The van der Waals surface area contributed by atoms with E-state index >= 15 is 0 Å². The first-order chi connectivity index (χ1) is 9.03. The number of alkyl carbamates (subject to hydrolysis) is 1. The fraction of sp³-hybridized carbons (Fsp3) is 0.400. The number of hydrogen-bond donors (Lipinski definition) is 1. The smallest absolute Gasteiger partial charge is 0.407 e. The van der Waals surface area contributed by atoms with Crippen molar-refractivity contribution in [3.05, 3.63) is 35.9 Å². The molecule has 0 aliphatic rings. The summed E-state index contributed by atoms with van der Waals surface area (Å²) in [5.41, 5.74) is 3.86. The molecule has 3 nitrogen and oxygen atoms in total. The third-order valence-electron chi connectivity index (χ3n) is 2.85. The molecule has 0 radical (unpaired) electrons. The Balaban J connectivity index is 2.14. The van der Waals surface area contributed by atoms with Crippen LogP contribution < -0.4 is 5.32 Å². The lowest BCUT2D eigenvalue weighted by Gasteiger charge is -2.14. The summed E-state index contributed by atoms with van der Waals surface area (Å²) in [7, 11) is -1.48. The fourth-order valence-corrected chi connectivity index (χ4v) is 2.77. The van der Waals surface area contributed by atoms with Crippen molar-refractivity contribution in [3.63, 3.8) is 0 Å². The quantitative estimate of drug-likeness (QED) is 0.492. The first-order valence-corrected chi connectivity index (χ1v) is 9.66. The third-order valence-corrected chi connectivity index (χ3v) is 5.24. The molecule has 0 aliphatic carbocycles. The van der Waals surface area contributed by atoms with Crippen LogP contribution in [0.15, 0.2) is 30.3 Å². The van der Waals surface area contributed by atoms with Crippen molar-refractivity contribution >= 4 is 14.2 Å². The highest BCUT2D eigenvalue weighted by Crippen LogP contribution is 2.09. The van der Waals surface area contributed by atoms with Crippen molar-refractivity contribution in [2.24, 2.45) is 0 Å². The Kier molecular flexibility index (Phi) is 6.17. The second-order valence-electron chi connectivity index (χ2n) is 5.12. The van der Waals surface area contributed by atoms with Gasteiger partial charge in [-0.25, -0.2) is 4.79 Å². The van der Waals surface area contributed by atoms with Gasteiger partial charge in [0.05, 0.1) is 0 Å². The predicted molar refractivity (Wildman–Crippen MR) is 80.4 cm³/mol. The molecule has 0 heterocycles. The number of carbonyl (C=O) groups is 1. The summed E-state index contributed by atoms with van der Waals surface area (Å²) < 4.78 is 5.11. The van der Waals surface area contributed by atoms with Crippen molar-refractivity contribution in [2.75, 3.05) is 6.54 Å². The van der Waals surface area contributed by atoms with E-state index in [-0.39, 0.29) is 6.09 Å². The molecule has 0 saturated heterocycles. The Labute approximate surface area is 116 Å². The summed E-state index contributed by atoms with van der Waals surface area (Å²) >= 11 is 0. The number of terminal acetylenes is 1. The minimum Gasteiger partial charge on any atom is -0.445 e. The monoisotopic (exact) mass is 275 g/mol. The van der Waals surface area contributed by atoms with Crippen molar-refractivity contribution in [1.82, 2.24) is 5.32 Å². The molecule has 0 aromatic heterocycles. The van der Waals surface area contributed by atoms with E-state index in [1.54, 1.807) is 0 Å². The highest BCUT2D eigenvalue weighted by atomic mass is 28.3. The van der Waals surface area contributed by atoms with Crippen LogP contribution in [0.3, 0.4) is 0 Å². The van der Waals surface area contributed by atoms with Crippen LogP contribution in [0.5, 0.6) is 0 Å². The number of benzene rings is 1. The van der Waals surface area contributed by atoms with Crippen LogP contribution >= 0.6 is 0 Å². The minimum absolute atomic E-state index is 0.303. The van der Waals surface area contributed by atoms with Gasteiger partial charge in [-0.15, -0.1) is 12.0 Å². The second-order valence-corrected chi connectivity index (χ2v) is 9.68. The Morgan fingerprint density at radius 1 is 1.37 bits per heavy atom. The number of carbonyl (C=O) groups excluding carboxylic acids is 1. The van der Waals surface area contributed by atoms with Gasteiger partial charge in [0.15, 0.2) is 0 Å². The topological polar surface area (TPSA) is 38.3 Å². The molecule has 1 rings (SSSR count). The second kappa shape index (κ2) is 7.65. The van der Waals surface area contributed by atoms with E-state index in [2.05, 4.69) is 24.0 Å². The molecule has 4 heteroatoms. The van der Waals surface area contributed by atoms with Crippen LogP contribution in [-0.4, -0.2) is 20.7 Å². The molecule has 0 unspecified atom stereocenters. The summed E-state index contributed by atoms with van der Waals surface area (Å²) in [5, 5.41) is 2.74. The summed E-state index contributed by atoms with van der Waals surface area (Å²) in [6.07, 6.45) is 6.00. The van der Waals surface area contributed by atoms with Crippen molar-refractivity contribution in [2.45, 2.75) is 32.2 Å². The van der Waals surface area contributed by atoms with E-state index in [0.29, 0.717) is 13.2 Å². The SMILES string of the molecule is C#C[Si](C)(C)CCCNC(=O)OCc1ccccc1. The normalized spacial score (nSPS) is 10.6. The van der Waals surface area contributed by atoms with Crippen LogP contribution in [0.25, 0.3) is 0 Å². The summed E-state index contributed by atoms with van der Waals surface area (Å²) in [4.78, 5) is 11.4. The van der Waals surface area contributed by atoms with Gasteiger partial charge in [0.2, 0.25) is 0 Å². The lowest BCUT2D eigenvalue weighted by Crippen LogP contribution is -2.28. The molecule has 1 amide bonds. The van der Waals surface area contributed by atoms with Crippen LogP contribution in [0, 0.1) is 12.0 Å². The van der Waals surface area contributed by atoms with Gasteiger partial charge in [-0.2, -0.15) is 0 Å². The molecule has 19 heavy (non-hydrogen) atoms. The molecule has 0 bridgehead atoms. The van der Waals surface area contributed by atoms with Gasteiger partial charge in [-0.1, -0.05) is 43.4 Å². The van der Waals surface area contributed by atoms with Gasteiger partial charge in [0.1, 0.15) is 14.7 Å². The molecule has 0 atom stereocenters.